The Morgan fingerprint density at radius 1 is 1.03 bits per heavy atom. The molecule has 2 N–H and O–H groups in total. The van der Waals surface area contributed by atoms with Gasteiger partial charge >= 0.3 is 11.9 Å². The van der Waals surface area contributed by atoms with E-state index in [-0.39, 0.29) is 22.7 Å². The van der Waals surface area contributed by atoms with Crippen LogP contribution in [0.2, 0.25) is 10.0 Å². The quantitative estimate of drug-likeness (QED) is 0.466. The minimum Gasteiger partial charge on any atom is -0.478 e. The molecule has 0 aliphatic carbocycles. The van der Waals surface area contributed by atoms with E-state index in [1.165, 1.54) is 29.9 Å². The van der Waals surface area contributed by atoms with Gasteiger partial charge < -0.3 is 19.7 Å². The molecule has 32 heavy (non-hydrogen) atoms. The zero-order valence-electron chi connectivity index (χ0n) is 17.1. The molecular weight excluding hydrogens is 455 g/mol. The monoisotopic (exact) mass is 474 g/mol. The van der Waals surface area contributed by atoms with Gasteiger partial charge in [-0.15, -0.1) is 0 Å². The zero-order chi connectivity index (χ0) is 23.3. The molecule has 1 aromatic heterocycles. The minimum absolute atomic E-state index is 0.00710. The Morgan fingerprint density at radius 3 is 2.41 bits per heavy atom. The molecule has 9 heteroatoms. The number of methoxy groups -OCH3 is 1. The fraction of sp³-hybridized carbons (Fsp3) is 0.174. The van der Waals surface area contributed by atoms with E-state index in [9.17, 15) is 14.4 Å². The van der Waals surface area contributed by atoms with E-state index in [1.807, 2.05) is 0 Å². The lowest BCUT2D eigenvalue weighted by molar-refractivity contribution is 0.0600. The first kappa shape index (κ1) is 23.4. The number of esters is 1. The number of carbonyl (C=O) groups excluding carboxylic acids is 1. The van der Waals surface area contributed by atoms with Crippen molar-refractivity contribution in [3.8, 4) is 0 Å². The van der Waals surface area contributed by atoms with Crippen LogP contribution >= 0.6 is 23.2 Å². The highest BCUT2D eigenvalue weighted by molar-refractivity contribution is 6.34. The second-order valence-electron chi connectivity index (χ2n) is 6.92. The summed E-state index contributed by atoms with van der Waals surface area (Å²) < 4.78 is 6.23. The Morgan fingerprint density at radius 2 is 1.75 bits per heavy atom. The number of aromatic nitrogens is 1. The normalized spacial score (nSPS) is 10.6. The number of hydrogen-bond donors (Lipinski definition) is 2. The molecule has 1 heterocycles. The number of nitrogens with one attached hydrogen (secondary N) is 1. The summed E-state index contributed by atoms with van der Waals surface area (Å²) in [4.78, 5) is 35.5. The van der Waals surface area contributed by atoms with Crippen LogP contribution in [0.3, 0.4) is 0 Å². The van der Waals surface area contributed by atoms with Crippen LogP contribution < -0.4 is 10.9 Å². The summed E-state index contributed by atoms with van der Waals surface area (Å²) >= 11 is 12.5. The van der Waals surface area contributed by atoms with Crippen molar-refractivity contribution in [1.82, 2.24) is 4.57 Å². The molecule has 3 rings (SSSR count). The number of anilines is 1. The van der Waals surface area contributed by atoms with Gasteiger partial charge in [0.25, 0.3) is 5.56 Å². The highest BCUT2D eigenvalue weighted by Gasteiger charge is 2.14. The first-order valence-electron chi connectivity index (χ1n) is 9.62. The first-order valence-corrected chi connectivity index (χ1v) is 10.4. The lowest BCUT2D eigenvalue weighted by atomic mass is 10.1. The molecule has 0 saturated carbocycles. The third-order valence-electron chi connectivity index (χ3n) is 4.87. The molecule has 0 aliphatic rings. The highest BCUT2D eigenvalue weighted by Crippen LogP contribution is 2.21. The second-order valence-corrected chi connectivity index (χ2v) is 7.74. The van der Waals surface area contributed by atoms with Gasteiger partial charge in [0.05, 0.1) is 35.5 Å². The van der Waals surface area contributed by atoms with Crippen LogP contribution in [-0.2, 0) is 24.2 Å². The standard InChI is InChI=1S/C23H20Cl2N2O5/c1-32-23(31)16-3-2-4-17(11-16)26-13-20-18(24)12-19(25)21(28)27(20)10-9-14-5-7-15(8-6-14)22(29)30/h2-8,11-12,26H,9-10,13H2,1H3,(H,29,30). The maximum absolute atomic E-state index is 12.7. The van der Waals surface area contributed by atoms with Crippen molar-refractivity contribution >= 4 is 40.8 Å². The molecule has 0 radical (unpaired) electrons. The van der Waals surface area contributed by atoms with Gasteiger partial charge in [-0.05, 0) is 48.4 Å². The van der Waals surface area contributed by atoms with Crippen molar-refractivity contribution < 1.29 is 19.4 Å². The topological polar surface area (TPSA) is 97.6 Å². The summed E-state index contributed by atoms with van der Waals surface area (Å²) in [5.41, 5.74) is 2.26. The van der Waals surface area contributed by atoms with Crippen LogP contribution in [0.4, 0.5) is 5.69 Å². The number of hydrogen-bond acceptors (Lipinski definition) is 5. The number of carboxylic acid groups (broad SMARTS) is 1. The van der Waals surface area contributed by atoms with E-state index in [0.29, 0.717) is 34.9 Å². The number of ether oxygens (including phenoxy) is 1. The van der Waals surface area contributed by atoms with Crippen LogP contribution in [-0.4, -0.2) is 28.7 Å². The Bertz CT molecular complexity index is 1210. The van der Waals surface area contributed by atoms with Crippen LogP contribution in [0.5, 0.6) is 0 Å². The first-order chi connectivity index (χ1) is 15.3. The Labute approximate surface area is 194 Å². The number of halogens is 2. The van der Waals surface area contributed by atoms with Gasteiger partial charge in [-0.2, -0.15) is 0 Å². The number of nitrogens with zero attached hydrogens (tertiary/aromatic N) is 1. The number of rotatable bonds is 8. The zero-order valence-corrected chi connectivity index (χ0v) is 18.6. The molecule has 0 atom stereocenters. The Kier molecular flexibility index (Phi) is 7.56. The van der Waals surface area contributed by atoms with Gasteiger partial charge in [-0.3, -0.25) is 4.79 Å². The van der Waals surface area contributed by atoms with Crippen molar-refractivity contribution in [3.05, 3.63) is 97.4 Å². The van der Waals surface area contributed by atoms with E-state index >= 15 is 0 Å². The lowest BCUT2D eigenvalue weighted by Crippen LogP contribution is -2.26. The molecule has 0 spiro atoms. The molecule has 0 saturated heterocycles. The molecule has 0 bridgehead atoms. The van der Waals surface area contributed by atoms with Crippen LogP contribution in [0.1, 0.15) is 32.0 Å². The van der Waals surface area contributed by atoms with Gasteiger partial charge in [0.1, 0.15) is 5.02 Å². The summed E-state index contributed by atoms with van der Waals surface area (Å²) in [5, 5.41) is 12.5. The number of benzene rings is 2. The highest BCUT2D eigenvalue weighted by atomic mass is 35.5. The maximum Gasteiger partial charge on any atom is 0.337 e. The molecular formula is C23H20Cl2N2O5. The van der Waals surface area contributed by atoms with Gasteiger partial charge in [0.2, 0.25) is 0 Å². The predicted octanol–water partition coefficient (Wildman–Crippen LogP) is 4.49. The average Bonchev–Trinajstić information content (AvgIpc) is 2.79. The second kappa shape index (κ2) is 10.3. The molecule has 0 unspecified atom stereocenters. The summed E-state index contributed by atoms with van der Waals surface area (Å²) in [6.07, 6.45) is 0.474. The lowest BCUT2D eigenvalue weighted by Gasteiger charge is -2.17. The van der Waals surface area contributed by atoms with E-state index in [1.54, 1.807) is 36.4 Å². The van der Waals surface area contributed by atoms with Crippen molar-refractivity contribution in [1.29, 1.82) is 0 Å². The van der Waals surface area contributed by atoms with Gasteiger partial charge in [0, 0.05) is 12.2 Å². The Balaban J connectivity index is 1.82. The molecule has 0 aliphatic heterocycles. The van der Waals surface area contributed by atoms with E-state index in [4.69, 9.17) is 33.0 Å². The summed E-state index contributed by atoms with van der Waals surface area (Å²) in [6.45, 7) is 0.512. The fourth-order valence-electron chi connectivity index (χ4n) is 3.17. The third kappa shape index (κ3) is 5.49. The maximum atomic E-state index is 12.7. The van der Waals surface area contributed by atoms with Crippen LogP contribution in [0.25, 0.3) is 0 Å². The summed E-state index contributed by atoms with van der Waals surface area (Å²) in [7, 11) is 1.31. The largest absolute Gasteiger partial charge is 0.478 e. The molecule has 2 aromatic carbocycles. The number of aromatic carboxylic acids is 1. The van der Waals surface area contributed by atoms with E-state index in [0.717, 1.165) is 5.56 Å². The van der Waals surface area contributed by atoms with Crippen LogP contribution in [0.15, 0.2) is 59.4 Å². The SMILES string of the molecule is COC(=O)c1cccc(NCc2c(Cl)cc(Cl)c(=O)n2CCc2ccc(C(=O)O)cc2)c1. The summed E-state index contributed by atoms with van der Waals surface area (Å²) in [6, 6.07) is 14.6. The number of pyridine rings is 1. The third-order valence-corrected chi connectivity index (χ3v) is 5.47. The van der Waals surface area contributed by atoms with E-state index in [2.05, 4.69) is 5.32 Å². The molecule has 166 valence electrons. The van der Waals surface area contributed by atoms with Crippen molar-refractivity contribution in [3.63, 3.8) is 0 Å². The van der Waals surface area contributed by atoms with E-state index < -0.39 is 11.9 Å². The molecule has 0 fully saturated rings. The fourth-order valence-corrected chi connectivity index (χ4v) is 3.71. The average molecular weight is 475 g/mol. The number of aryl methyl sites for hydroxylation is 1. The minimum atomic E-state index is -1.00. The molecule has 7 nitrogen and oxygen atoms in total. The van der Waals surface area contributed by atoms with Crippen molar-refractivity contribution in [2.75, 3.05) is 12.4 Å². The predicted molar refractivity (Wildman–Crippen MR) is 123 cm³/mol. The number of carbonyl (C=O) groups is 2. The smallest absolute Gasteiger partial charge is 0.337 e. The van der Waals surface area contributed by atoms with Crippen molar-refractivity contribution in [2.45, 2.75) is 19.5 Å². The Hall–Kier alpha value is -3.29. The molecule has 0 amide bonds. The van der Waals surface area contributed by atoms with Gasteiger partial charge in [0.15, 0.2) is 0 Å². The van der Waals surface area contributed by atoms with Gasteiger partial charge in [-0.1, -0.05) is 41.4 Å². The van der Waals surface area contributed by atoms with Crippen LogP contribution in [0, 0.1) is 0 Å². The summed E-state index contributed by atoms with van der Waals surface area (Å²) in [5.74, 6) is -1.46. The number of carboxylic acids is 1. The van der Waals surface area contributed by atoms with Crippen molar-refractivity contribution in [2.24, 2.45) is 0 Å². The molecule has 3 aromatic rings. The van der Waals surface area contributed by atoms with Gasteiger partial charge in [-0.25, -0.2) is 9.59 Å².